The Kier molecular flexibility index (Phi) is 12.7. The molecule has 7 heteroatoms. The second kappa shape index (κ2) is 16.4. The van der Waals surface area contributed by atoms with Gasteiger partial charge >= 0.3 is 0 Å². The minimum Gasteiger partial charge on any atom is -0.377 e. The molecule has 0 spiro atoms. The quantitative estimate of drug-likeness (QED) is 0.639. The van der Waals surface area contributed by atoms with Crippen molar-refractivity contribution < 1.29 is 28.3 Å². The lowest BCUT2D eigenvalue weighted by Crippen LogP contribution is -2.31. The Morgan fingerprint density at radius 1 is 0.618 bits per heavy atom. The SMILES string of the molecule is CC[n+]1ccc(/C=C/c2ccc(N3CCOCCOCCOCCOCCOCC3)cc2)cc1. The number of aromatic nitrogens is 1. The molecule has 186 valence electrons. The standard InChI is InChI=1S/C27H39N2O5/c1-2-28-11-9-26(10-12-28)4-3-25-5-7-27(8-6-25)29-13-15-30-17-19-32-21-23-34-24-22-33-20-18-31-16-14-29/h3-12H,2,13-24H2,1H3/q+1. The average Bonchev–Trinajstić information content (AvgIpc) is 2.88. The summed E-state index contributed by atoms with van der Waals surface area (Å²) >= 11 is 0. The first-order chi connectivity index (χ1) is 16.8. The zero-order valence-electron chi connectivity index (χ0n) is 20.4. The van der Waals surface area contributed by atoms with Crippen LogP contribution in [0.4, 0.5) is 5.69 Å². The number of rotatable bonds is 4. The van der Waals surface area contributed by atoms with Gasteiger partial charge in [0.15, 0.2) is 12.4 Å². The van der Waals surface area contributed by atoms with Crippen molar-refractivity contribution in [3.05, 3.63) is 59.9 Å². The first-order valence-corrected chi connectivity index (χ1v) is 12.3. The summed E-state index contributed by atoms with van der Waals surface area (Å²) in [7, 11) is 0. The van der Waals surface area contributed by atoms with Crippen LogP contribution in [0, 0.1) is 0 Å². The summed E-state index contributed by atoms with van der Waals surface area (Å²) in [5.41, 5.74) is 3.52. The highest BCUT2D eigenvalue weighted by Gasteiger charge is 2.07. The lowest BCUT2D eigenvalue weighted by molar-refractivity contribution is -0.693. The zero-order chi connectivity index (χ0) is 23.7. The Bertz CT molecular complexity index is 793. The van der Waals surface area contributed by atoms with Crippen molar-refractivity contribution >= 4 is 17.8 Å². The highest BCUT2D eigenvalue weighted by atomic mass is 16.6. The predicted octanol–water partition coefficient (Wildman–Crippen LogP) is 3.07. The molecule has 0 bridgehead atoms. The van der Waals surface area contributed by atoms with Gasteiger partial charge in [-0.15, -0.1) is 0 Å². The van der Waals surface area contributed by atoms with E-state index in [0.717, 1.165) is 25.3 Å². The lowest BCUT2D eigenvalue weighted by atomic mass is 10.1. The third kappa shape index (κ3) is 10.3. The van der Waals surface area contributed by atoms with E-state index in [-0.39, 0.29) is 0 Å². The van der Waals surface area contributed by atoms with E-state index in [1.54, 1.807) is 0 Å². The van der Waals surface area contributed by atoms with Crippen LogP contribution in [0.1, 0.15) is 18.1 Å². The fourth-order valence-corrected chi connectivity index (χ4v) is 3.48. The van der Waals surface area contributed by atoms with Gasteiger partial charge in [0.2, 0.25) is 0 Å². The minimum absolute atomic E-state index is 0.572. The van der Waals surface area contributed by atoms with Gasteiger partial charge in [0.1, 0.15) is 6.54 Å². The number of aryl methyl sites for hydroxylation is 1. The number of ether oxygens (including phenoxy) is 5. The smallest absolute Gasteiger partial charge is 0.169 e. The topological polar surface area (TPSA) is 53.3 Å². The van der Waals surface area contributed by atoms with E-state index in [2.05, 4.69) is 77.3 Å². The third-order valence-corrected chi connectivity index (χ3v) is 5.51. The maximum atomic E-state index is 5.78. The number of benzene rings is 1. The van der Waals surface area contributed by atoms with Crippen molar-refractivity contribution in [3.63, 3.8) is 0 Å². The van der Waals surface area contributed by atoms with Crippen LogP contribution >= 0.6 is 0 Å². The maximum Gasteiger partial charge on any atom is 0.169 e. The Morgan fingerprint density at radius 3 is 1.47 bits per heavy atom. The molecule has 0 amide bonds. The van der Waals surface area contributed by atoms with Crippen LogP contribution in [-0.2, 0) is 30.2 Å². The van der Waals surface area contributed by atoms with Crippen molar-refractivity contribution in [2.75, 3.05) is 84.1 Å². The number of hydrogen-bond acceptors (Lipinski definition) is 6. The molecular weight excluding hydrogens is 432 g/mol. The first-order valence-electron chi connectivity index (χ1n) is 12.3. The summed E-state index contributed by atoms with van der Waals surface area (Å²) in [6.45, 7) is 10.6. The molecule has 1 aliphatic rings. The molecule has 1 aromatic heterocycles. The molecule has 1 aliphatic heterocycles. The Labute approximate surface area is 203 Å². The molecule has 0 atom stereocenters. The molecule has 0 N–H and O–H groups in total. The molecule has 0 saturated carbocycles. The summed E-state index contributed by atoms with van der Waals surface area (Å²) < 4.78 is 30.2. The van der Waals surface area contributed by atoms with Gasteiger partial charge in [0, 0.05) is 30.9 Å². The van der Waals surface area contributed by atoms with Crippen molar-refractivity contribution in [2.45, 2.75) is 13.5 Å². The van der Waals surface area contributed by atoms with Crippen LogP contribution in [0.2, 0.25) is 0 Å². The zero-order valence-corrected chi connectivity index (χ0v) is 20.4. The van der Waals surface area contributed by atoms with Crippen LogP contribution in [-0.4, -0.2) is 79.2 Å². The Hall–Kier alpha value is -2.29. The van der Waals surface area contributed by atoms with Gasteiger partial charge < -0.3 is 28.6 Å². The molecule has 1 fully saturated rings. The molecule has 0 unspecified atom stereocenters. The summed E-state index contributed by atoms with van der Waals surface area (Å²) in [5, 5.41) is 0. The number of anilines is 1. The molecule has 0 aliphatic carbocycles. The normalized spacial score (nSPS) is 18.4. The highest BCUT2D eigenvalue weighted by Crippen LogP contribution is 2.17. The second-order valence-corrected chi connectivity index (χ2v) is 7.94. The average molecular weight is 472 g/mol. The fourth-order valence-electron chi connectivity index (χ4n) is 3.48. The van der Waals surface area contributed by atoms with Crippen LogP contribution < -0.4 is 9.47 Å². The number of pyridine rings is 1. The molecule has 1 saturated heterocycles. The van der Waals surface area contributed by atoms with E-state index in [0.29, 0.717) is 66.1 Å². The van der Waals surface area contributed by atoms with Gasteiger partial charge in [0.05, 0.1) is 66.1 Å². The van der Waals surface area contributed by atoms with Gasteiger partial charge in [-0.05, 0) is 30.2 Å². The van der Waals surface area contributed by atoms with Gasteiger partial charge in [-0.3, -0.25) is 0 Å². The maximum absolute atomic E-state index is 5.78. The van der Waals surface area contributed by atoms with E-state index < -0.39 is 0 Å². The molecule has 34 heavy (non-hydrogen) atoms. The molecular formula is C27H39N2O5+. The largest absolute Gasteiger partial charge is 0.377 e. The molecule has 7 nitrogen and oxygen atoms in total. The fraction of sp³-hybridized carbons (Fsp3) is 0.519. The second-order valence-electron chi connectivity index (χ2n) is 7.94. The van der Waals surface area contributed by atoms with Crippen molar-refractivity contribution in [3.8, 4) is 0 Å². The van der Waals surface area contributed by atoms with Gasteiger partial charge in [-0.1, -0.05) is 24.3 Å². The van der Waals surface area contributed by atoms with Crippen LogP contribution in [0.15, 0.2) is 48.8 Å². The van der Waals surface area contributed by atoms with E-state index >= 15 is 0 Å². The van der Waals surface area contributed by atoms with Gasteiger partial charge in [-0.2, -0.15) is 0 Å². The first kappa shape index (κ1) is 26.3. The molecule has 0 radical (unpaired) electrons. The molecule has 3 rings (SSSR count). The minimum atomic E-state index is 0.572. The highest BCUT2D eigenvalue weighted by molar-refractivity contribution is 5.70. The summed E-state index contributed by atoms with van der Waals surface area (Å²) in [6.07, 6.45) is 8.49. The van der Waals surface area contributed by atoms with E-state index in [9.17, 15) is 0 Å². The van der Waals surface area contributed by atoms with Crippen LogP contribution in [0.5, 0.6) is 0 Å². The monoisotopic (exact) mass is 471 g/mol. The molecule has 2 aromatic rings. The van der Waals surface area contributed by atoms with E-state index in [1.807, 2.05) is 0 Å². The molecule has 1 aromatic carbocycles. The number of hydrogen-bond donors (Lipinski definition) is 0. The van der Waals surface area contributed by atoms with Crippen LogP contribution in [0.25, 0.3) is 12.2 Å². The Balaban J connectivity index is 1.53. The third-order valence-electron chi connectivity index (χ3n) is 5.51. The Morgan fingerprint density at radius 2 is 1.03 bits per heavy atom. The summed E-state index contributed by atoms with van der Waals surface area (Å²) in [5.74, 6) is 0. The predicted molar refractivity (Wildman–Crippen MR) is 134 cm³/mol. The van der Waals surface area contributed by atoms with Crippen molar-refractivity contribution in [1.82, 2.24) is 0 Å². The summed E-state index contributed by atoms with van der Waals surface area (Å²) in [6, 6.07) is 12.9. The van der Waals surface area contributed by atoms with Gasteiger partial charge in [0.25, 0.3) is 0 Å². The van der Waals surface area contributed by atoms with Gasteiger partial charge in [-0.25, -0.2) is 4.57 Å². The van der Waals surface area contributed by atoms with Crippen molar-refractivity contribution in [1.29, 1.82) is 0 Å². The number of nitrogens with zero attached hydrogens (tertiary/aromatic N) is 2. The lowest BCUT2D eigenvalue weighted by Gasteiger charge is -2.25. The van der Waals surface area contributed by atoms with Crippen molar-refractivity contribution in [2.24, 2.45) is 0 Å². The van der Waals surface area contributed by atoms with Crippen LogP contribution in [0.3, 0.4) is 0 Å². The van der Waals surface area contributed by atoms with E-state index in [1.165, 1.54) is 11.1 Å². The summed E-state index contributed by atoms with van der Waals surface area (Å²) in [4.78, 5) is 2.30. The van der Waals surface area contributed by atoms with E-state index in [4.69, 9.17) is 23.7 Å². The molecule has 2 heterocycles.